The molecule has 1 unspecified atom stereocenters. The second kappa shape index (κ2) is 10.8. The summed E-state index contributed by atoms with van der Waals surface area (Å²) >= 11 is 0. The molecule has 0 radical (unpaired) electrons. The van der Waals surface area contributed by atoms with Crippen LogP contribution in [0, 0.1) is 5.82 Å². The van der Waals surface area contributed by atoms with Crippen molar-refractivity contribution in [3.63, 3.8) is 0 Å². The van der Waals surface area contributed by atoms with Gasteiger partial charge in [-0.25, -0.2) is 4.39 Å². The fourth-order valence-corrected chi connectivity index (χ4v) is 2.12. The quantitative estimate of drug-likeness (QED) is 0.633. The lowest BCUT2D eigenvalue weighted by atomic mass is 9.94. The molecule has 1 aromatic rings. The number of ether oxygens (including phenoxy) is 2. The van der Waals surface area contributed by atoms with Gasteiger partial charge >= 0.3 is 0 Å². The van der Waals surface area contributed by atoms with Gasteiger partial charge in [0.05, 0.1) is 13.2 Å². The van der Waals surface area contributed by atoms with Crippen LogP contribution in [0.5, 0.6) is 0 Å². The normalized spacial score (nSPS) is 12.6. The highest BCUT2D eigenvalue weighted by Gasteiger charge is 2.11. The molecule has 3 nitrogen and oxygen atoms in total. The zero-order chi connectivity index (χ0) is 14.6. The fourth-order valence-electron chi connectivity index (χ4n) is 2.12. The molecule has 0 aliphatic rings. The van der Waals surface area contributed by atoms with Crippen LogP contribution in [-0.4, -0.2) is 40.0 Å². The highest BCUT2D eigenvalue weighted by molar-refractivity contribution is 5.20. The maximum atomic E-state index is 13.0. The lowest BCUT2D eigenvalue weighted by molar-refractivity contribution is 0.0681. The number of methoxy groups -OCH3 is 1. The summed E-state index contributed by atoms with van der Waals surface area (Å²) in [7, 11) is 1.67. The van der Waals surface area contributed by atoms with Gasteiger partial charge in [0.1, 0.15) is 5.82 Å². The van der Waals surface area contributed by atoms with Gasteiger partial charge in [-0.15, -0.1) is 0 Å². The number of halogens is 1. The minimum Gasteiger partial charge on any atom is -0.382 e. The molecule has 0 aromatic heterocycles. The molecule has 1 atom stereocenters. The zero-order valence-corrected chi connectivity index (χ0v) is 12.5. The summed E-state index contributed by atoms with van der Waals surface area (Å²) in [4.78, 5) is 0. The molecule has 0 heterocycles. The van der Waals surface area contributed by atoms with E-state index >= 15 is 0 Å². The van der Waals surface area contributed by atoms with Crippen LogP contribution in [0.15, 0.2) is 24.3 Å². The van der Waals surface area contributed by atoms with Gasteiger partial charge in [-0.2, -0.15) is 0 Å². The van der Waals surface area contributed by atoms with E-state index in [1.54, 1.807) is 7.11 Å². The number of nitrogens with one attached hydrogen (secondary N) is 1. The topological polar surface area (TPSA) is 30.5 Å². The van der Waals surface area contributed by atoms with Crippen molar-refractivity contribution in [3.05, 3.63) is 35.6 Å². The van der Waals surface area contributed by atoms with E-state index in [0.717, 1.165) is 32.5 Å². The first-order valence-corrected chi connectivity index (χ1v) is 7.30. The van der Waals surface area contributed by atoms with E-state index < -0.39 is 0 Å². The molecule has 0 saturated carbocycles. The Morgan fingerprint density at radius 1 is 1.15 bits per heavy atom. The molecule has 1 aromatic carbocycles. The van der Waals surface area contributed by atoms with Gasteiger partial charge in [0.15, 0.2) is 0 Å². The van der Waals surface area contributed by atoms with Gasteiger partial charge in [0.25, 0.3) is 0 Å². The number of hydrogen-bond donors (Lipinski definition) is 1. The summed E-state index contributed by atoms with van der Waals surface area (Å²) in [6, 6.07) is 6.82. The predicted molar refractivity (Wildman–Crippen MR) is 79.6 cm³/mol. The van der Waals surface area contributed by atoms with E-state index in [4.69, 9.17) is 9.47 Å². The van der Waals surface area contributed by atoms with Gasteiger partial charge in [0.2, 0.25) is 0 Å². The number of likely N-dealkylation sites (N-methyl/N-ethyl adjacent to an activating group) is 1. The van der Waals surface area contributed by atoms with Crippen molar-refractivity contribution in [3.8, 4) is 0 Å². The first kappa shape index (κ1) is 17.1. The Morgan fingerprint density at radius 3 is 2.55 bits per heavy atom. The molecule has 0 aliphatic heterocycles. The third kappa shape index (κ3) is 6.98. The molecule has 1 N–H and O–H groups in total. The van der Waals surface area contributed by atoms with Gasteiger partial charge < -0.3 is 14.8 Å². The smallest absolute Gasteiger partial charge is 0.123 e. The average molecular weight is 283 g/mol. The first-order chi connectivity index (χ1) is 9.77. The largest absolute Gasteiger partial charge is 0.382 e. The molecule has 0 bridgehead atoms. The maximum Gasteiger partial charge on any atom is 0.123 e. The summed E-state index contributed by atoms with van der Waals surface area (Å²) in [5.41, 5.74) is 1.18. The van der Waals surface area contributed by atoms with Gasteiger partial charge in [-0.05, 0) is 43.0 Å². The predicted octanol–water partition coefficient (Wildman–Crippen LogP) is 2.96. The minimum atomic E-state index is -0.182. The van der Waals surface area contributed by atoms with Crippen LogP contribution in [-0.2, 0) is 9.47 Å². The van der Waals surface area contributed by atoms with Crippen LogP contribution in [0.25, 0.3) is 0 Å². The molecule has 1 rings (SSSR count). The van der Waals surface area contributed by atoms with Crippen LogP contribution in [0.4, 0.5) is 4.39 Å². The van der Waals surface area contributed by atoms with Crippen molar-refractivity contribution in [2.24, 2.45) is 0 Å². The fraction of sp³-hybridized carbons (Fsp3) is 0.625. The van der Waals surface area contributed by atoms with Crippen LogP contribution >= 0.6 is 0 Å². The molecular weight excluding hydrogens is 257 g/mol. The van der Waals surface area contributed by atoms with Crippen molar-refractivity contribution < 1.29 is 13.9 Å². The standard InChI is InChI=1S/C16H26FNO2/c1-3-18-13-15(5-4-10-20-12-11-19-2)14-6-8-16(17)9-7-14/h6-9,15,18H,3-5,10-13H2,1-2H3. The van der Waals surface area contributed by atoms with Gasteiger partial charge in [-0.1, -0.05) is 19.1 Å². The molecule has 0 saturated heterocycles. The van der Waals surface area contributed by atoms with Gasteiger partial charge in [0, 0.05) is 20.3 Å². The average Bonchev–Trinajstić information content (AvgIpc) is 2.47. The summed E-state index contributed by atoms with van der Waals surface area (Å²) < 4.78 is 23.4. The molecule has 20 heavy (non-hydrogen) atoms. The Morgan fingerprint density at radius 2 is 1.90 bits per heavy atom. The highest BCUT2D eigenvalue weighted by atomic mass is 19.1. The molecule has 0 amide bonds. The van der Waals surface area contributed by atoms with Crippen molar-refractivity contribution in [1.29, 1.82) is 0 Å². The van der Waals surface area contributed by atoms with Crippen molar-refractivity contribution in [2.75, 3.05) is 40.0 Å². The van der Waals surface area contributed by atoms with E-state index in [0.29, 0.717) is 19.1 Å². The summed E-state index contributed by atoms with van der Waals surface area (Å²) in [5, 5.41) is 3.37. The van der Waals surface area contributed by atoms with E-state index in [9.17, 15) is 4.39 Å². The Hall–Kier alpha value is -0.970. The summed E-state index contributed by atoms with van der Waals surface area (Å²) in [5.74, 6) is 0.223. The summed E-state index contributed by atoms with van der Waals surface area (Å²) in [6.07, 6.45) is 2.03. The van der Waals surface area contributed by atoms with E-state index in [1.807, 2.05) is 12.1 Å². The van der Waals surface area contributed by atoms with E-state index in [1.165, 1.54) is 17.7 Å². The van der Waals surface area contributed by atoms with Crippen LogP contribution in [0.3, 0.4) is 0 Å². The number of benzene rings is 1. The molecule has 0 spiro atoms. The lowest BCUT2D eigenvalue weighted by Crippen LogP contribution is -2.21. The Bertz CT molecular complexity index is 343. The molecule has 114 valence electrons. The number of hydrogen-bond acceptors (Lipinski definition) is 3. The van der Waals surface area contributed by atoms with Crippen molar-refractivity contribution in [1.82, 2.24) is 5.32 Å². The Kier molecular flexibility index (Phi) is 9.20. The van der Waals surface area contributed by atoms with Gasteiger partial charge in [-0.3, -0.25) is 0 Å². The monoisotopic (exact) mass is 283 g/mol. The zero-order valence-electron chi connectivity index (χ0n) is 12.5. The minimum absolute atomic E-state index is 0.182. The molecular formula is C16H26FNO2. The summed E-state index contributed by atoms with van der Waals surface area (Å²) in [6.45, 7) is 5.98. The second-order valence-corrected chi connectivity index (χ2v) is 4.80. The lowest BCUT2D eigenvalue weighted by Gasteiger charge is -2.18. The SMILES string of the molecule is CCNCC(CCCOCCOC)c1ccc(F)cc1. The van der Waals surface area contributed by atoms with Crippen LogP contribution in [0.2, 0.25) is 0 Å². The molecule has 0 fully saturated rings. The Labute approximate surface area is 121 Å². The molecule has 0 aliphatic carbocycles. The van der Waals surface area contributed by atoms with E-state index in [-0.39, 0.29) is 5.82 Å². The maximum absolute atomic E-state index is 13.0. The highest BCUT2D eigenvalue weighted by Crippen LogP contribution is 2.21. The molecule has 4 heteroatoms. The third-order valence-electron chi connectivity index (χ3n) is 3.26. The van der Waals surface area contributed by atoms with E-state index in [2.05, 4.69) is 12.2 Å². The van der Waals surface area contributed by atoms with Crippen LogP contribution < -0.4 is 5.32 Å². The third-order valence-corrected chi connectivity index (χ3v) is 3.26. The Balaban J connectivity index is 2.37. The first-order valence-electron chi connectivity index (χ1n) is 7.30. The van der Waals surface area contributed by atoms with Crippen molar-refractivity contribution in [2.45, 2.75) is 25.7 Å². The van der Waals surface area contributed by atoms with Crippen LogP contribution in [0.1, 0.15) is 31.2 Å². The van der Waals surface area contributed by atoms with Crippen molar-refractivity contribution >= 4 is 0 Å². The second-order valence-electron chi connectivity index (χ2n) is 4.80. The number of rotatable bonds is 11.